The molecule has 1 N–H and O–H groups in total. The van der Waals surface area contributed by atoms with E-state index in [-0.39, 0.29) is 29.1 Å². The summed E-state index contributed by atoms with van der Waals surface area (Å²) in [6.07, 6.45) is 1.01. The maximum Gasteiger partial charge on any atom is 0.264 e. The minimum absolute atomic E-state index is 0.0108. The first-order valence-electron chi connectivity index (χ1n) is 12.8. The highest BCUT2D eigenvalue weighted by atomic mass is 35.5. The number of rotatable bonds is 12. The van der Waals surface area contributed by atoms with E-state index < -0.39 is 28.5 Å². The highest BCUT2D eigenvalue weighted by Crippen LogP contribution is 2.28. The van der Waals surface area contributed by atoms with Gasteiger partial charge in [-0.3, -0.25) is 13.9 Å². The lowest BCUT2D eigenvalue weighted by Crippen LogP contribution is -2.53. The van der Waals surface area contributed by atoms with E-state index in [1.807, 2.05) is 13.8 Å². The van der Waals surface area contributed by atoms with Crippen molar-refractivity contribution in [2.24, 2.45) is 0 Å². The second-order valence-corrected chi connectivity index (χ2v) is 12.4. The molecule has 0 saturated heterocycles. The van der Waals surface area contributed by atoms with Crippen LogP contribution in [0.4, 0.5) is 5.69 Å². The van der Waals surface area contributed by atoms with Crippen molar-refractivity contribution in [1.82, 2.24) is 10.2 Å². The lowest BCUT2D eigenvalue weighted by Gasteiger charge is -2.33. The lowest BCUT2D eigenvalue weighted by molar-refractivity contribution is -0.140. The number of amides is 2. The fraction of sp³-hybridized carbons (Fsp3) is 0.310. The zero-order chi connectivity index (χ0) is 29.4. The molecule has 0 heterocycles. The Labute approximate surface area is 251 Å². The zero-order valence-corrected chi connectivity index (χ0v) is 25.6. The Balaban J connectivity index is 2.07. The first kappa shape index (κ1) is 31.7. The maximum atomic E-state index is 14.1. The van der Waals surface area contributed by atoms with Crippen molar-refractivity contribution in [1.29, 1.82) is 0 Å². The second-order valence-electron chi connectivity index (χ2n) is 9.32. The van der Waals surface area contributed by atoms with Gasteiger partial charge in [-0.2, -0.15) is 0 Å². The van der Waals surface area contributed by atoms with E-state index in [9.17, 15) is 18.0 Å². The molecule has 0 fully saturated rings. The van der Waals surface area contributed by atoms with Crippen molar-refractivity contribution >= 4 is 62.3 Å². The van der Waals surface area contributed by atoms with E-state index in [1.165, 1.54) is 23.1 Å². The molecule has 0 saturated carbocycles. The molecule has 3 rings (SSSR count). The highest BCUT2D eigenvalue weighted by Gasteiger charge is 2.34. The average molecular weight is 625 g/mol. The number of nitrogens with zero attached hydrogens (tertiary/aromatic N) is 2. The van der Waals surface area contributed by atoms with Crippen LogP contribution in [0.3, 0.4) is 0 Å². The summed E-state index contributed by atoms with van der Waals surface area (Å²) in [4.78, 5) is 28.8. The number of carbonyl (C=O) groups excluding carboxylic acids is 2. The summed E-state index contributed by atoms with van der Waals surface area (Å²) in [5.74, 6) is -0.901. The first-order chi connectivity index (χ1) is 19.0. The van der Waals surface area contributed by atoms with Gasteiger partial charge in [-0.05, 0) is 67.8 Å². The molecule has 7 nitrogen and oxygen atoms in total. The number of benzene rings is 3. The number of anilines is 1. The van der Waals surface area contributed by atoms with E-state index in [2.05, 4.69) is 5.32 Å². The zero-order valence-electron chi connectivity index (χ0n) is 22.5. The SMILES string of the molecule is CC[C@@H](C)NC(=O)[C@H](CC)N(Cc1ccc(Cl)c(Cl)c1)C(=O)CN(c1cccc(Cl)c1)S(=O)(=O)c1ccccc1. The Bertz CT molecular complexity index is 1440. The molecule has 214 valence electrons. The fourth-order valence-electron chi connectivity index (χ4n) is 4.07. The van der Waals surface area contributed by atoms with Crippen molar-refractivity contribution in [2.75, 3.05) is 10.8 Å². The van der Waals surface area contributed by atoms with Gasteiger partial charge in [0.2, 0.25) is 11.8 Å². The topological polar surface area (TPSA) is 86.8 Å². The van der Waals surface area contributed by atoms with Crippen LogP contribution >= 0.6 is 34.8 Å². The molecule has 2 atom stereocenters. The van der Waals surface area contributed by atoms with E-state index in [1.54, 1.807) is 61.5 Å². The molecule has 2 amide bonds. The Kier molecular flexibility index (Phi) is 11.3. The standard InChI is InChI=1S/C29H32Cl3N3O4S/c1-4-20(3)33-29(37)27(5-2)34(18-21-14-15-25(31)26(32)16-21)28(36)19-35(23-11-9-10-22(30)17-23)40(38,39)24-12-7-6-8-13-24/h6-17,20,27H,4-5,18-19H2,1-3H3,(H,33,37)/t20-,27+/m1/s1. The largest absolute Gasteiger partial charge is 0.352 e. The number of nitrogens with one attached hydrogen (secondary N) is 1. The van der Waals surface area contributed by atoms with Gasteiger partial charge in [-0.1, -0.05) is 79.0 Å². The lowest BCUT2D eigenvalue weighted by atomic mass is 10.1. The smallest absolute Gasteiger partial charge is 0.264 e. The Hall–Kier alpha value is -2.78. The van der Waals surface area contributed by atoms with Gasteiger partial charge in [0.1, 0.15) is 12.6 Å². The molecule has 0 aromatic heterocycles. The van der Waals surface area contributed by atoms with Crippen molar-refractivity contribution in [3.63, 3.8) is 0 Å². The molecule has 0 aliphatic heterocycles. The third kappa shape index (κ3) is 7.91. The summed E-state index contributed by atoms with van der Waals surface area (Å²) >= 11 is 18.5. The molecule has 3 aromatic carbocycles. The second kappa shape index (κ2) is 14.2. The predicted octanol–water partition coefficient (Wildman–Crippen LogP) is 6.56. The summed E-state index contributed by atoms with van der Waals surface area (Å²) in [5.41, 5.74) is 0.856. The summed E-state index contributed by atoms with van der Waals surface area (Å²) in [6.45, 7) is 5.07. The van der Waals surface area contributed by atoms with E-state index in [0.717, 1.165) is 4.31 Å². The van der Waals surface area contributed by atoms with Crippen LogP contribution in [0.5, 0.6) is 0 Å². The summed E-state index contributed by atoms with van der Waals surface area (Å²) in [6, 6.07) is 18.1. The summed E-state index contributed by atoms with van der Waals surface area (Å²) in [5, 5.41) is 3.91. The molecular weight excluding hydrogens is 593 g/mol. The van der Waals surface area contributed by atoms with Gasteiger partial charge in [-0.15, -0.1) is 0 Å². The van der Waals surface area contributed by atoms with Crippen LogP contribution in [0, 0.1) is 0 Å². The minimum atomic E-state index is -4.17. The third-order valence-electron chi connectivity index (χ3n) is 6.43. The monoisotopic (exact) mass is 623 g/mol. The normalized spacial score (nSPS) is 12.8. The van der Waals surface area contributed by atoms with Crippen LogP contribution in [0.15, 0.2) is 77.7 Å². The highest BCUT2D eigenvalue weighted by molar-refractivity contribution is 7.92. The van der Waals surface area contributed by atoms with Gasteiger partial charge < -0.3 is 10.2 Å². The molecular formula is C29H32Cl3N3O4S. The van der Waals surface area contributed by atoms with Gasteiger partial charge in [0.15, 0.2) is 0 Å². The molecule has 3 aromatic rings. The maximum absolute atomic E-state index is 14.1. The van der Waals surface area contributed by atoms with Crippen molar-refractivity contribution in [2.45, 2.75) is 57.1 Å². The number of halogens is 3. The predicted molar refractivity (Wildman–Crippen MR) is 161 cm³/mol. The van der Waals surface area contributed by atoms with Crippen LogP contribution in [0.1, 0.15) is 39.2 Å². The quantitative estimate of drug-likeness (QED) is 0.247. The summed E-state index contributed by atoms with van der Waals surface area (Å²) < 4.78 is 28.6. The molecule has 0 aliphatic carbocycles. The average Bonchev–Trinajstić information content (AvgIpc) is 2.93. The molecule has 0 radical (unpaired) electrons. The van der Waals surface area contributed by atoms with E-state index >= 15 is 0 Å². The van der Waals surface area contributed by atoms with Crippen molar-refractivity contribution in [3.05, 3.63) is 93.4 Å². The van der Waals surface area contributed by atoms with Crippen LogP contribution < -0.4 is 9.62 Å². The van der Waals surface area contributed by atoms with Gasteiger partial charge in [0.05, 0.1) is 20.6 Å². The van der Waals surface area contributed by atoms with Gasteiger partial charge in [-0.25, -0.2) is 8.42 Å². The van der Waals surface area contributed by atoms with Crippen molar-refractivity contribution in [3.8, 4) is 0 Å². The number of carbonyl (C=O) groups is 2. The van der Waals surface area contributed by atoms with E-state index in [4.69, 9.17) is 34.8 Å². The Morgan fingerprint density at radius 2 is 1.57 bits per heavy atom. The minimum Gasteiger partial charge on any atom is -0.352 e. The van der Waals surface area contributed by atoms with Crippen LogP contribution in [-0.2, 0) is 26.2 Å². The fourth-order valence-corrected chi connectivity index (χ4v) is 6.01. The Morgan fingerprint density at radius 3 is 2.17 bits per heavy atom. The van der Waals surface area contributed by atoms with Crippen LogP contribution in [-0.4, -0.2) is 43.8 Å². The number of hydrogen-bond acceptors (Lipinski definition) is 4. The number of sulfonamides is 1. The molecule has 40 heavy (non-hydrogen) atoms. The molecule has 0 aliphatic rings. The molecule has 0 bridgehead atoms. The van der Waals surface area contributed by atoms with Gasteiger partial charge in [0.25, 0.3) is 10.0 Å². The van der Waals surface area contributed by atoms with Crippen LogP contribution in [0.2, 0.25) is 15.1 Å². The molecule has 11 heteroatoms. The van der Waals surface area contributed by atoms with Crippen molar-refractivity contribution < 1.29 is 18.0 Å². The van der Waals surface area contributed by atoms with Gasteiger partial charge in [0, 0.05) is 17.6 Å². The van der Waals surface area contributed by atoms with Crippen LogP contribution in [0.25, 0.3) is 0 Å². The third-order valence-corrected chi connectivity index (χ3v) is 9.19. The van der Waals surface area contributed by atoms with E-state index in [0.29, 0.717) is 33.5 Å². The van der Waals surface area contributed by atoms with Gasteiger partial charge >= 0.3 is 0 Å². The summed E-state index contributed by atoms with van der Waals surface area (Å²) in [7, 11) is -4.17. The molecule has 0 unspecified atom stereocenters. The first-order valence-corrected chi connectivity index (χ1v) is 15.4. The Morgan fingerprint density at radius 1 is 0.875 bits per heavy atom. The molecule has 0 spiro atoms. The number of hydrogen-bond donors (Lipinski definition) is 1.